The van der Waals surface area contributed by atoms with E-state index in [1.807, 2.05) is 0 Å². The molecule has 0 heterocycles. The molecule has 0 aromatic heterocycles. The minimum absolute atomic E-state index is 0.115. The number of nitriles is 2. The molecule has 0 aliphatic rings. The summed E-state index contributed by atoms with van der Waals surface area (Å²) in [4.78, 5) is 9.97. The number of nitro benzene ring substituents is 1. The maximum atomic E-state index is 10.5. The Balaban J connectivity index is 2.86. The molecule has 21 heavy (non-hydrogen) atoms. The van der Waals surface area contributed by atoms with Gasteiger partial charge >= 0.3 is 0 Å². The second kappa shape index (κ2) is 7.60. The molecule has 0 amide bonds. The van der Waals surface area contributed by atoms with Gasteiger partial charge < -0.3 is 15.5 Å². The fraction of sp³-hybridized carbons (Fsp3) is 0.231. The molecular weight excluding hydrogens is 276 g/mol. The van der Waals surface area contributed by atoms with Crippen molar-refractivity contribution in [3.8, 4) is 12.1 Å². The van der Waals surface area contributed by atoms with Gasteiger partial charge in [-0.3, -0.25) is 10.1 Å². The third kappa shape index (κ3) is 4.28. The van der Waals surface area contributed by atoms with Gasteiger partial charge in [-0.15, -0.1) is 0 Å². The van der Waals surface area contributed by atoms with E-state index in [0.29, 0.717) is 5.56 Å². The van der Waals surface area contributed by atoms with E-state index in [0.717, 1.165) is 6.20 Å². The number of non-ortho nitro benzene ring substituents is 1. The number of nitrogens with zero attached hydrogens (tertiary/aromatic N) is 3. The van der Waals surface area contributed by atoms with Gasteiger partial charge in [-0.05, 0) is 17.7 Å². The molecule has 1 aromatic carbocycles. The van der Waals surface area contributed by atoms with Crippen LogP contribution in [-0.4, -0.2) is 27.8 Å². The number of hydrogen-bond donors (Lipinski definition) is 3. The third-order valence-electron chi connectivity index (χ3n) is 2.71. The van der Waals surface area contributed by atoms with Crippen molar-refractivity contribution < 1.29 is 15.1 Å². The fourth-order valence-electron chi connectivity index (χ4n) is 1.55. The zero-order valence-electron chi connectivity index (χ0n) is 10.8. The summed E-state index contributed by atoms with van der Waals surface area (Å²) in [6, 6.07) is 7.60. The summed E-state index contributed by atoms with van der Waals surface area (Å²) in [5.74, 6) is 0. The van der Waals surface area contributed by atoms with Crippen LogP contribution in [0.15, 0.2) is 36.0 Å². The molecule has 108 valence electrons. The number of rotatable bonds is 6. The van der Waals surface area contributed by atoms with Gasteiger partial charge in [0.25, 0.3) is 5.69 Å². The number of hydrogen-bond acceptors (Lipinski definition) is 7. The molecule has 0 unspecified atom stereocenters. The molecule has 1 aromatic rings. The topological polar surface area (TPSA) is 143 Å². The van der Waals surface area contributed by atoms with Crippen LogP contribution in [0.1, 0.15) is 11.7 Å². The number of aliphatic hydroxyl groups excluding tert-OH is 2. The molecule has 0 bridgehead atoms. The first kappa shape index (κ1) is 16.1. The van der Waals surface area contributed by atoms with Crippen molar-refractivity contribution in [2.45, 2.75) is 12.1 Å². The first-order valence-electron chi connectivity index (χ1n) is 5.83. The maximum Gasteiger partial charge on any atom is 0.269 e. The predicted molar refractivity (Wildman–Crippen MR) is 71.4 cm³/mol. The summed E-state index contributed by atoms with van der Waals surface area (Å²) in [6.07, 6.45) is -0.0686. The smallest absolute Gasteiger partial charge is 0.269 e. The SMILES string of the molecule is N#CC(C#N)=CN[C@H](CO)[C@H](O)c1ccc([N+](=O)[O-])cc1. The molecule has 8 heteroatoms. The van der Waals surface area contributed by atoms with Crippen molar-refractivity contribution >= 4 is 5.69 Å². The standard InChI is InChI=1S/C13H12N4O4/c14-5-9(6-15)7-16-12(8-18)13(19)10-1-3-11(4-2-10)17(20)21/h1-4,7,12-13,16,18-19H,8H2/t12-,13-/m1/s1. The van der Waals surface area contributed by atoms with E-state index in [1.165, 1.54) is 24.3 Å². The van der Waals surface area contributed by atoms with Gasteiger partial charge in [-0.2, -0.15) is 10.5 Å². The van der Waals surface area contributed by atoms with E-state index in [2.05, 4.69) is 5.32 Å². The van der Waals surface area contributed by atoms with Crippen molar-refractivity contribution in [3.63, 3.8) is 0 Å². The maximum absolute atomic E-state index is 10.5. The summed E-state index contributed by atoms with van der Waals surface area (Å²) in [7, 11) is 0. The lowest BCUT2D eigenvalue weighted by Crippen LogP contribution is -2.35. The second-order valence-electron chi connectivity index (χ2n) is 4.03. The van der Waals surface area contributed by atoms with E-state index < -0.39 is 23.7 Å². The van der Waals surface area contributed by atoms with Crippen molar-refractivity contribution in [3.05, 3.63) is 51.7 Å². The van der Waals surface area contributed by atoms with Crippen LogP contribution in [0.5, 0.6) is 0 Å². The van der Waals surface area contributed by atoms with Gasteiger partial charge in [0.15, 0.2) is 0 Å². The molecule has 0 saturated heterocycles. The van der Waals surface area contributed by atoms with E-state index in [9.17, 15) is 20.3 Å². The Kier molecular flexibility index (Phi) is 5.83. The second-order valence-corrected chi connectivity index (χ2v) is 4.03. The largest absolute Gasteiger partial charge is 0.394 e. The van der Waals surface area contributed by atoms with Crippen LogP contribution in [0.2, 0.25) is 0 Å². The zero-order valence-corrected chi connectivity index (χ0v) is 10.8. The van der Waals surface area contributed by atoms with E-state index in [-0.39, 0.29) is 11.3 Å². The van der Waals surface area contributed by atoms with Crippen LogP contribution in [0.4, 0.5) is 5.69 Å². The monoisotopic (exact) mass is 288 g/mol. The van der Waals surface area contributed by atoms with E-state index in [1.54, 1.807) is 12.1 Å². The molecule has 0 radical (unpaired) electrons. The number of nitro groups is 1. The summed E-state index contributed by atoms with van der Waals surface area (Å²) in [5, 5.41) is 49.6. The Hall–Kier alpha value is -2.94. The quantitative estimate of drug-likeness (QED) is 0.393. The third-order valence-corrected chi connectivity index (χ3v) is 2.71. The molecule has 0 spiro atoms. The molecule has 0 saturated carbocycles. The van der Waals surface area contributed by atoms with Crippen LogP contribution in [-0.2, 0) is 0 Å². The molecular formula is C13H12N4O4. The van der Waals surface area contributed by atoms with Gasteiger partial charge in [0, 0.05) is 18.3 Å². The summed E-state index contributed by atoms with van der Waals surface area (Å²) < 4.78 is 0. The number of nitrogens with one attached hydrogen (secondary N) is 1. The Morgan fingerprint density at radius 3 is 2.38 bits per heavy atom. The lowest BCUT2D eigenvalue weighted by molar-refractivity contribution is -0.384. The lowest BCUT2D eigenvalue weighted by Gasteiger charge is -2.21. The van der Waals surface area contributed by atoms with Crippen molar-refractivity contribution in [1.82, 2.24) is 5.32 Å². The Morgan fingerprint density at radius 2 is 1.95 bits per heavy atom. The molecule has 1 rings (SSSR count). The van der Waals surface area contributed by atoms with Gasteiger partial charge in [-0.25, -0.2) is 0 Å². The Labute approximate surface area is 120 Å². The normalized spacial score (nSPS) is 12.4. The van der Waals surface area contributed by atoms with Gasteiger partial charge in [0.1, 0.15) is 23.8 Å². The average Bonchev–Trinajstić information content (AvgIpc) is 2.51. The van der Waals surface area contributed by atoms with Gasteiger partial charge in [0.2, 0.25) is 0 Å². The minimum Gasteiger partial charge on any atom is -0.394 e. The lowest BCUT2D eigenvalue weighted by atomic mass is 10.0. The highest BCUT2D eigenvalue weighted by atomic mass is 16.6. The fourth-order valence-corrected chi connectivity index (χ4v) is 1.55. The Morgan fingerprint density at radius 1 is 1.38 bits per heavy atom. The highest BCUT2D eigenvalue weighted by Gasteiger charge is 2.20. The van der Waals surface area contributed by atoms with Crippen LogP contribution >= 0.6 is 0 Å². The molecule has 2 atom stereocenters. The summed E-state index contributed by atoms with van der Waals surface area (Å²) in [6.45, 7) is -0.460. The summed E-state index contributed by atoms with van der Waals surface area (Å²) in [5.41, 5.74) is 0.0379. The van der Waals surface area contributed by atoms with Crippen LogP contribution in [0.3, 0.4) is 0 Å². The van der Waals surface area contributed by atoms with Gasteiger partial charge in [0.05, 0.1) is 17.6 Å². The molecule has 0 aliphatic heterocycles. The summed E-state index contributed by atoms with van der Waals surface area (Å²) >= 11 is 0. The molecule has 0 fully saturated rings. The minimum atomic E-state index is -1.16. The van der Waals surface area contributed by atoms with Gasteiger partial charge in [-0.1, -0.05) is 0 Å². The number of allylic oxidation sites excluding steroid dienone is 1. The number of benzene rings is 1. The highest BCUT2D eigenvalue weighted by molar-refractivity contribution is 5.35. The molecule has 0 aliphatic carbocycles. The van der Waals surface area contributed by atoms with Crippen molar-refractivity contribution in [2.24, 2.45) is 0 Å². The van der Waals surface area contributed by atoms with E-state index >= 15 is 0 Å². The first-order valence-corrected chi connectivity index (χ1v) is 5.83. The average molecular weight is 288 g/mol. The van der Waals surface area contributed by atoms with Crippen molar-refractivity contribution in [2.75, 3.05) is 6.61 Å². The number of aliphatic hydroxyl groups is 2. The van der Waals surface area contributed by atoms with Crippen LogP contribution in [0, 0.1) is 32.8 Å². The predicted octanol–water partition coefficient (Wildman–Crippen LogP) is 0.510. The Bertz CT molecular complexity index is 597. The van der Waals surface area contributed by atoms with E-state index in [4.69, 9.17) is 10.5 Å². The molecule has 3 N–H and O–H groups in total. The van der Waals surface area contributed by atoms with Crippen LogP contribution in [0.25, 0.3) is 0 Å². The zero-order chi connectivity index (χ0) is 15.8. The van der Waals surface area contributed by atoms with Crippen LogP contribution < -0.4 is 5.32 Å². The first-order chi connectivity index (χ1) is 10.0. The van der Waals surface area contributed by atoms with Crippen molar-refractivity contribution in [1.29, 1.82) is 10.5 Å². The highest BCUT2D eigenvalue weighted by Crippen LogP contribution is 2.20. The molecule has 8 nitrogen and oxygen atoms in total.